The Morgan fingerprint density at radius 2 is 2.05 bits per heavy atom. The van der Waals surface area contributed by atoms with Crippen LogP contribution in [-0.4, -0.2) is 16.8 Å². The van der Waals surface area contributed by atoms with E-state index in [9.17, 15) is 4.39 Å². The monoisotopic (exact) mass is 275 g/mol. The summed E-state index contributed by atoms with van der Waals surface area (Å²) in [6.45, 7) is 6.78. The molecule has 0 aliphatic carbocycles. The summed E-state index contributed by atoms with van der Waals surface area (Å²) < 4.78 is 16.1. The van der Waals surface area contributed by atoms with Crippen LogP contribution >= 0.6 is 0 Å². The van der Waals surface area contributed by atoms with Gasteiger partial charge < -0.3 is 5.32 Å². The summed E-state index contributed by atoms with van der Waals surface area (Å²) in [7, 11) is 1.86. The second-order valence-corrected chi connectivity index (χ2v) is 5.16. The first-order valence-corrected chi connectivity index (χ1v) is 7.01. The number of likely N-dealkylation sites (N-methyl/N-ethyl adjacent to an activating group) is 1. The number of hydrogen-bond acceptors (Lipinski definition) is 2. The molecule has 0 aliphatic rings. The average Bonchev–Trinajstić information content (AvgIpc) is 2.76. The summed E-state index contributed by atoms with van der Waals surface area (Å²) in [5, 5.41) is 7.65. The molecule has 1 aromatic carbocycles. The summed E-state index contributed by atoms with van der Waals surface area (Å²) in [5.41, 5.74) is 3.78. The van der Waals surface area contributed by atoms with Crippen LogP contribution in [0.5, 0.6) is 0 Å². The van der Waals surface area contributed by atoms with Crippen molar-refractivity contribution in [3.8, 4) is 0 Å². The molecule has 0 aliphatic heterocycles. The minimum atomic E-state index is -0.149. The van der Waals surface area contributed by atoms with E-state index in [1.165, 1.54) is 0 Å². The van der Waals surface area contributed by atoms with Crippen molar-refractivity contribution in [2.75, 3.05) is 7.05 Å². The van der Waals surface area contributed by atoms with Gasteiger partial charge in [-0.05, 0) is 45.5 Å². The van der Waals surface area contributed by atoms with E-state index in [4.69, 9.17) is 0 Å². The summed E-state index contributed by atoms with van der Waals surface area (Å²) >= 11 is 0. The van der Waals surface area contributed by atoms with Crippen LogP contribution < -0.4 is 5.32 Å². The van der Waals surface area contributed by atoms with Crippen molar-refractivity contribution in [3.63, 3.8) is 0 Å². The maximum Gasteiger partial charge on any atom is 0.128 e. The SMILES string of the molecule is CCn1nc(C)cc1CC(NC)c1ccc(C)cc1F. The number of nitrogens with zero attached hydrogens (tertiary/aromatic N) is 2. The van der Waals surface area contributed by atoms with Crippen molar-refractivity contribution in [1.29, 1.82) is 0 Å². The zero-order valence-corrected chi connectivity index (χ0v) is 12.6. The van der Waals surface area contributed by atoms with E-state index in [-0.39, 0.29) is 11.9 Å². The van der Waals surface area contributed by atoms with Gasteiger partial charge in [0.1, 0.15) is 5.82 Å². The summed E-state index contributed by atoms with van der Waals surface area (Å²) in [5.74, 6) is -0.149. The maximum absolute atomic E-state index is 14.1. The largest absolute Gasteiger partial charge is 0.313 e. The van der Waals surface area contributed by atoms with Gasteiger partial charge in [-0.2, -0.15) is 5.10 Å². The molecule has 1 heterocycles. The molecule has 1 aromatic heterocycles. The molecule has 2 rings (SSSR count). The second kappa shape index (κ2) is 6.18. The second-order valence-electron chi connectivity index (χ2n) is 5.16. The molecule has 1 unspecified atom stereocenters. The Kier molecular flexibility index (Phi) is 4.55. The van der Waals surface area contributed by atoms with E-state index in [2.05, 4.69) is 23.4 Å². The lowest BCUT2D eigenvalue weighted by Crippen LogP contribution is -2.21. The van der Waals surface area contributed by atoms with E-state index in [0.29, 0.717) is 5.56 Å². The highest BCUT2D eigenvalue weighted by Gasteiger charge is 2.17. The standard InChI is InChI=1S/C16H22FN3/c1-5-20-13(9-12(3)19-20)10-16(18-4)14-7-6-11(2)8-15(14)17/h6-9,16,18H,5,10H2,1-4H3. The third-order valence-electron chi connectivity index (χ3n) is 3.58. The summed E-state index contributed by atoms with van der Waals surface area (Å²) in [6.07, 6.45) is 0.727. The Labute approximate surface area is 119 Å². The molecule has 0 spiro atoms. The van der Waals surface area contributed by atoms with Gasteiger partial charge in [0, 0.05) is 30.3 Å². The molecule has 2 aromatic rings. The molecule has 1 atom stereocenters. The van der Waals surface area contributed by atoms with Gasteiger partial charge in [0.05, 0.1) is 5.69 Å². The molecule has 1 N–H and O–H groups in total. The lowest BCUT2D eigenvalue weighted by atomic mass is 10.00. The zero-order valence-electron chi connectivity index (χ0n) is 12.6. The fourth-order valence-electron chi connectivity index (χ4n) is 2.53. The molecule has 4 heteroatoms. The first-order chi connectivity index (χ1) is 9.55. The molecular weight excluding hydrogens is 253 g/mol. The van der Waals surface area contributed by atoms with E-state index >= 15 is 0 Å². The lowest BCUT2D eigenvalue weighted by molar-refractivity contribution is 0.510. The molecule has 0 bridgehead atoms. The lowest BCUT2D eigenvalue weighted by Gasteiger charge is -2.18. The van der Waals surface area contributed by atoms with Gasteiger partial charge in [-0.25, -0.2) is 4.39 Å². The third-order valence-corrected chi connectivity index (χ3v) is 3.58. The van der Waals surface area contributed by atoms with Gasteiger partial charge in [-0.3, -0.25) is 4.68 Å². The molecule has 20 heavy (non-hydrogen) atoms. The fraction of sp³-hybridized carbons (Fsp3) is 0.438. The molecule has 0 amide bonds. The highest BCUT2D eigenvalue weighted by molar-refractivity contribution is 5.27. The Bertz CT molecular complexity index is 589. The number of rotatable bonds is 5. The molecule has 0 saturated carbocycles. The van der Waals surface area contributed by atoms with Gasteiger partial charge in [0.2, 0.25) is 0 Å². The van der Waals surface area contributed by atoms with Gasteiger partial charge in [0.25, 0.3) is 0 Å². The van der Waals surface area contributed by atoms with Gasteiger partial charge in [-0.1, -0.05) is 12.1 Å². The van der Waals surface area contributed by atoms with Crippen molar-refractivity contribution in [2.45, 2.75) is 39.8 Å². The molecular formula is C16H22FN3. The molecule has 0 radical (unpaired) electrons. The number of hydrogen-bond donors (Lipinski definition) is 1. The molecule has 0 fully saturated rings. The number of halogens is 1. The van der Waals surface area contributed by atoms with Crippen LogP contribution in [0.15, 0.2) is 24.3 Å². The summed E-state index contributed by atoms with van der Waals surface area (Å²) in [4.78, 5) is 0. The smallest absolute Gasteiger partial charge is 0.128 e. The number of aryl methyl sites for hydroxylation is 3. The molecule has 3 nitrogen and oxygen atoms in total. The zero-order chi connectivity index (χ0) is 14.7. The maximum atomic E-state index is 14.1. The summed E-state index contributed by atoms with van der Waals surface area (Å²) in [6, 6.07) is 7.43. The Morgan fingerprint density at radius 1 is 1.30 bits per heavy atom. The topological polar surface area (TPSA) is 29.9 Å². The van der Waals surface area contributed by atoms with Crippen LogP contribution in [0.25, 0.3) is 0 Å². The van der Waals surface area contributed by atoms with E-state index in [1.54, 1.807) is 6.07 Å². The highest BCUT2D eigenvalue weighted by atomic mass is 19.1. The van der Waals surface area contributed by atoms with Crippen LogP contribution in [0, 0.1) is 19.7 Å². The number of aromatic nitrogens is 2. The van der Waals surface area contributed by atoms with Crippen LogP contribution in [0.4, 0.5) is 4.39 Å². The van der Waals surface area contributed by atoms with Gasteiger partial charge in [0.15, 0.2) is 0 Å². The highest BCUT2D eigenvalue weighted by Crippen LogP contribution is 2.22. The minimum Gasteiger partial charge on any atom is -0.313 e. The Balaban J connectivity index is 2.28. The number of benzene rings is 1. The van der Waals surface area contributed by atoms with E-state index < -0.39 is 0 Å². The van der Waals surface area contributed by atoms with Crippen LogP contribution in [-0.2, 0) is 13.0 Å². The van der Waals surface area contributed by atoms with Crippen molar-refractivity contribution in [2.24, 2.45) is 0 Å². The Morgan fingerprint density at radius 3 is 2.65 bits per heavy atom. The van der Waals surface area contributed by atoms with Crippen molar-refractivity contribution in [3.05, 3.63) is 52.6 Å². The third kappa shape index (κ3) is 3.07. The average molecular weight is 275 g/mol. The number of nitrogens with one attached hydrogen (secondary N) is 1. The van der Waals surface area contributed by atoms with Crippen molar-refractivity contribution in [1.82, 2.24) is 15.1 Å². The van der Waals surface area contributed by atoms with E-state index in [0.717, 1.165) is 29.9 Å². The first-order valence-electron chi connectivity index (χ1n) is 7.01. The minimum absolute atomic E-state index is 0.0444. The predicted molar refractivity (Wildman–Crippen MR) is 79.3 cm³/mol. The molecule has 108 valence electrons. The van der Waals surface area contributed by atoms with Crippen LogP contribution in [0.2, 0.25) is 0 Å². The Hall–Kier alpha value is -1.68. The van der Waals surface area contributed by atoms with Crippen molar-refractivity contribution >= 4 is 0 Å². The van der Waals surface area contributed by atoms with Crippen molar-refractivity contribution < 1.29 is 4.39 Å². The normalized spacial score (nSPS) is 12.7. The van der Waals surface area contributed by atoms with Crippen LogP contribution in [0.3, 0.4) is 0 Å². The first kappa shape index (κ1) is 14.7. The molecule has 0 saturated heterocycles. The fourth-order valence-corrected chi connectivity index (χ4v) is 2.53. The quantitative estimate of drug-likeness (QED) is 0.908. The predicted octanol–water partition coefficient (Wildman–Crippen LogP) is 3.16. The van der Waals surface area contributed by atoms with Gasteiger partial charge in [-0.15, -0.1) is 0 Å². The van der Waals surface area contributed by atoms with Crippen LogP contribution in [0.1, 0.15) is 35.5 Å². The van der Waals surface area contributed by atoms with E-state index in [1.807, 2.05) is 37.7 Å². The van der Waals surface area contributed by atoms with Gasteiger partial charge >= 0.3 is 0 Å².